The summed E-state index contributed by atoms with van der Waals surface area (Å²) < 4.78 is 32.2. The van der Waals surface area contributed by atoms with E-state index in [4.69, 9.17) is 4.74 Å². The van der Waals surface area contributed by atoms with Gasteiger partial charge in [-0.15, -0.1) is 4.40 Å². The van der Waals surface area contributed by atoms with Crippen molar-refractivity contribution in [2.24, 2.45) is 4.40 Å². The lowest BCUT2D eigenvalue weighted by molar-refractivity contribution is -0.112. The Labute approximate surface area is 150 Å². The molecule has 8 nitrogen and oxygen atoms in total. The number of hydrogen-bond acceptors (Lipinski definition) is 6. The Hall–Kier alpha value is -2.94. The number of allylic oxidation sites excluding steroid dienone is 2. The second kappa shape index (κ2) is 7.12. The topological polar surface area (TPSA) is 105 Å². The number of carbonyl (C=O) groups is 2. The Morgan fingerprint density at radius 2 is 2.15 bits per heavy atom. The van der Waals surface area contributed by atoms with Crippen molar-refractivity contribution in [2.45, 2.75) is 6.92 Å². The fraction of sp³-hybridized carbons (Fsp3) is 0.235. The molecule has 0 saturated carbocycles. The summed E-state index contributed by atoms with van der Waals surface area (Å²) in [4.78, 5) is 26.0. The van der Waals surface area contributed by atoms with Crippen LogP contribution in [-0.2, 0) is 19.6 Å². The molecule has 3 rings (SSSR count). The summed E-state index contributed by atoms with van der Waals surface area (Å²) in [6.07, 6.45) is 4.83. The normalized spacial score (nSPS) is 17.7. The Bertz CT molecular complexity index is 947. The highest BCUT2D eigenvalue weighted by Crippen LogP contribution is 2.20. The highest BCUT2D eigenvalue weighted by atomic mass is 32.2. The van der Waals surface area contributed by atoms with Gasteiger partial charge in [-0.2, -0.15) is 0 Å². The van der Waals surface area contributed by atoms with Gasteiger partial charge in [0, 0.05) is 18.4 Å². The van der Waals surface area contributed by atoms with Crippen LogP contribution in [0.3, 0.4) is 0 Å². The van der Waals surface area contributed by atoms with Crippen molar-refractivity contribution in [3.05, 3.63) is 53.8 Å². The summed E-state index contributed by atoms with van der Waals surface area (Å²) in [7, 11) is -3.59. The Morgan fingerprint density at radius 3 is 2.92 bits per heavy atom. The van der Waals surface area contributed by atoms with E-state index in [9.17, 15) is 18.0 Å². The van der Waals surface area contributed by atoms with Crippen LogP contribution >= 0.6 is 0 Å². The van der Waals surface area contributed by atoms with Crippen LogP contribution in [0.15, 0.2) is 52.6 Å². The molecule has 26 heavy (non-hydrogen) atoms. The van der Waals surface area contributed by atoms with E-state index in [0.717, 1.165) is 0 Å². The molecule has 0 unspecified atom stereocenters. The summed E-state index contributed by atoms with van der Waals surface area (Å²) in [6, 6.07) is 6.31. The molecule has 9 heteroatoms. The zero-order valence-electron chi connectivity index (χ0n) is 14.0. The monoisotopic (exact) mass is 375 g/mol. The van der Waals surface area contributed by atoms with Gasteiger partial charge >= 0.3 is 5.97 Å². The van der Waals surface area contributed by atoms with E-state index in [1.54, 1.807) is 42.3 Å². The first-order chi connectivity index (χ1) is 12.4. The molecule has 2 aliphatic heterocycles. The van der Waals surface area contributed by atoms with Crippen molar-refractivity contribution in [2.75, 3.05) is 24.2 Å². The van der Waals surface area contributed by atoms with E-state index in [1.165, 1.54) is 12.1 Å². The number of rotatable bonds is 4. The van der Waals surface area contributed by atoms with Crippen LogP contribution < -0.4 is 5.32 Å². The minimum absolute atomic E-state index is 0.0952. The van der Waals surface area contributed by atoms with Gasteiger partial charge in [-0.1, -0.05) is 6.07 Å². The molecule has 0 radical (unpaired) electrons. The largest absolute Gasteiger partial charge is 0.462 e. The fourth-order valence-electron chi connectivity index (χ4n) is 2.53. The van der Waals surface area contributed by atoms with Gasteiger partial charge in [0.05, 0.1) is 23.5 Å². The van der Waals surface area contributed by atoms with Crippen LogP contribution in [0.25, 0.3) is 0 Å². The van der Waals surface area contributed by atoms with Crippen LogP contribution in [-0.4, -0.2) is 49.9 Å². The minimum atomic E-state index is -3.59. The number of hydrogen-bond donors (Lipinski definition) is 1. The number of fused-ring (bicyclic) bond motifs is 1. The molecule has 0 aromatic heterocycles. The van der Waals surface area contributed by atoms with Crippen LogP contribution in [0.2, 0.25) is 0 Å². The Morgan fingerprint density at radius 1 is 1.35 bits per heavy atom. The van der Waals surface area contributed by atoms with Gasteiger partial charge in [-0.25, -0.2) is 13.2 Å². The van der Waals surface area contributed by atoms with Crippen molar-refractivity contribution < 1.29 is 22.7 Å². The third-order valence-corrected chi connectivity index (χ3v) is 4.88. The number of benzene rings is 1. The summed E-state index contributed by atoms with van der Waals surface area (Å²) in [6.45, 7) is 2.19. The number of esters is 1. The van der Waals surface area contributed by atoms with Crippen LogP contribution in [0, 0.1) is 0 Å². The van der Waals surface area contributed by atoms with Crippen molar-refractivity contribution in [1.29, 1.82) is 0 Å². The maximum Gasteiger partial charge on any atom is 0.338 e. The van der Waals surface area contributed by atoms with E-state index in [2.05, 4.69) is 9.71 Å². The molecule has 2 aliphatic rings. The lowest BCUT2D eigenvalue weighted by Gasteiger charge is -2.28. The zero-order valence-corrected chi connectivity index (χ0v) is 14.8. The van der Waals surface area contributed by atoms with E-state index >= 15 is 0 Å². The van der Waals surface area contributed by atoms with Gasteiger partial charge in [0.1, 0.15) is 0 Å². The number of sulfonamides is 1. The molecule has 0 fully saturated rings. The van der Waals surface area contributed by atoms with Gasteiger partial charge in [-0.05, 0) is 37.3 Å². The summed E-state index contributed by atoms with van der Waals surface area (Å²) in [5.74, 6) is -1.01. The predicted molar refractivity (Wildman–Crippen MR) is 96.2 cm³/mol. The number of nitrogens with zero attached hydrogens (tertiary/aromatic N) is 2. The van der Waals surface area contributed by atoms with Gasteiger partial charge in [0.15, 0.2) is 5.84 Å². The molecule has 1 aromatic carbocycles. The van der Waals surface area contributed by atoms with Gasteiger partial charge < -0.3 is 15.0 Å². The number of nitrogens with one attached hydrogen (secondary N) is 1. The fourth-order valence-corrected chi connectivity index (χ4v) is 3.52. The van der Waals surface area contributed by atoms with E-state index in [1.807, 2.05) is 0 Å². The Kier molecular flexibility index (Phi) is 4.90. The second-order valence-electron chi connectivity index (χ2n) is 5.57. The predicted octanol–water partition coefficient (Wildman–Crippen LogP) is 1.30. The van der Waals surface area contributed by atoms with Crippen LogP contribution in [0.4, 0.5) is 5.69 Å². The maximum atomic E-state index is 12.6. The average Bonchev–Trinajstić information content (AvgIpc) is 2.61. The molecule has 1 amide bonds. The van der Waals surface area contributed by atoms with Gasteiger partial charge in [-0.3, -0.25) is 4.79 Å². The molecular weight excluding hydrogens is 358 g/mol. The van der Waals surface area contributed by atoms with Crippen LogP contribution in [0.1, 0.15) is 17.3 Å². The standard InChI is InChI=1S/C17H17N3O5S/c1-2-25-17(22)12-5-3-6-13(11-12)18-16(21)14-7-4-8-20-9-10-26(23,24)19-15(14)20/h3-8,11H,2,9-10H2,1H3,(H,18,21). The number of ether oxygens (including phenoxy) is 1. The molecule has 0 bridgehead atoms. The lowest BCUT2D eigenvalue weighted by Crippen LogP contribution is -2.40. The number of anilines is 1. The smallest absolute Gasteiger partial charge is 0.338 e. The number of amidine groups is 1. The molecule has 1 aromatic rings. The minimum Gasteiger partial charge on any atom is -0.462 e. The van der Waals surface area contributed by atoms with Crippen molar-refractivity contribution in [3.63, 3.8) is 0 Å². The van der Waals surface area contributed by atoms with Crippen molar-refractivity contribution >= 4 is 33.4 Å². The summed E-state index contributed by atoms with van der Waals surface area (Å²) in [5.41, 5.74) is 0.834. The highest BCUT2D eigenvalue weighted by Gasteiger charge is 2.30. The first-order valence-corrected chi connectivity index (χ1v) is 9.57. The third kappa shape index (κ3) is 3.83. The van der Waals surface area contributed by atoms with Crippen LogP contribution in [0.5, 0.6) is 0 Å². The maximum absolute atomic E-state index is 12.6. The Balaban J connectivity index is 1.83. The first-order valence-electron chi connectivity index (χ1n) is 7.96. The molecular formula is C17H17N3O5S. The quantitative estimate of drug-likeness (QED) is 0.796. The summed E-state index contributed by atoms with van der Waals surface area (Å²) >= 11 is 0. The number of amides is 1. The second-order valence-corrected chi connectivity index (χ2v) is 7.33. The lowest BCUT2D eigenvalue weighted by atomic mass is 10.1. The van der Waals surface area contributed by atoms with E-state index in [0.29, 0.717) is 11.3 Å². The molecule has 1 N–H and O–H groups in total. The third-order valence-electron chi connectivity index (χ3n) is 3.73. The molecule has 136 valence electrons. The van der Waals surface area contributed by atoms with Gasteiger partial charge in [0.25, 0.3) is 15.9 Å². The number of carbonyl (C=O) groups excluding carboxylic acids is 2. The average molecular weight is 375 g/mol. The zero-order chi connectivity index (χ0) is 18.7. The SMILES string of the molecule is CCOC(=O)c1cccc(NC(=O)C2=CC=CN3CCS(=O)(=O)N=C23)c1. The summed E-state index contributed by atoms with van der Waals surface area (Å²) in [5, 5.41) is 2.66. The molecule has 0 spiro atoms. The van der Waals surface area contributed by atoms with Crippen molar-refractivity contribution in [3.8, 4) is 0 Å². The molecule has 2 heterocycles. The van der Waals surface area contributed by atoms with Crippen molar-refractivity contribution in [1.82, 2.24) is 4.90 Å². The molecule has 0 aliphatic carbocycles. The van der Waals surface area contributed by atoms with E-state index in [-0.39, 0.29) is 30.3 Å². The molecule has 0 atom stereocenters. The van der Waals surface area contributed by atoms with Gasteiger partial charge in [0.2, 0.25) is 0 Å². The first kappa shape index (κ1) is 17.9. The van der Waals surface area contributed by atoms with E-state index < -0.39 is 21.9 Å². The molecule has 0 saturated heterocycles. The highest BCUT2D eigenvalue weighted by molar-refractivity contribution is 7.90.